The second kappa shape index (κ2) is 11.4. The lowest BCUT2D eigenvalue weighted by molar-refractivity contribution is 0.168. The van der Waals surface area contributed by atoms with Crippen LogP contribution >= 0.6 is 11.3 Å². The van der Waals surface area contributed by atoms with Gasteiger partial charge < -0.3 is 10.2 Å². The molecule has 0 saturated heterocycles. The highest BCUT2D eigenvalue weighted by Gasteiger charge is 2.57. The standard InChI is InChI=1S/C49H41N3S/c1-5-18-40-32(12-1)38-28-30(22-24-41(38)49(40)26-9-10-27-49)31-23-25-44-39(29-31)33-13-3-7-20-43(33)52(44)48-50-42-19-6-2-15-36(42)46(51-48)37-17-11-16-35-34-14-4-8-21-45(34)53-47(35)37/h1-8,11-17,19-25,28-29,38-41,44,48,50H,9-10,18,26-27H2. The maximum atomic E-state index is 5.65. The molecular weight excluding hydrogens is 663 g/mol. The van der Waals surface area contributed by atoms with E-state index >= 15 is 0 Å². The van der Waals surface area contributed by atoms with Crippen LogP contribution in [-0.4, -0.2) is 18.0 Å². The van der Waals surface area contributed by atoms with Crippen molar-refractivity contribution in [2.75, 3.05) is 10.2 Å². The van der Waals surface area contributed by atoms with Crippen LogP contribution in [0.3, 0.4) is 0 Å². The van der Waals surface area contributed by atoms with Crippen LogP contribution in [0.15, 0.2) is 167 Å². The minimum atomic E-state index is -0.251. The largest absolute Gasteiger partial charge is 0.346 e. The molecule has 3 heterocycles. The first-order valence-corrected chi connectivity index (χ1v) is 20.5. The van der Waals surface area contributed by atoms with E-state index in [9.17, 15) is 0 Å². The molecule has 6 unspecified atom stereocenters. The van der Waals surface area contributed by atoms with E-state index in [4.69, 9.17) is 4.99 Å². The van der Waals surface area contributed by atoms with Crippen LogP contribution in [0, 0.1) is 23.2 Å². The highest BCUT2D eigenvalue weighted by molar-refractivity contribution is 7.26. The summed E-state index contributed by atoms with van der Waals surface area (Å²) in [7, 11) is 0. The fraction of sp³-hybridized carbons (Fsp3) is 0.245. The molecule has 6 atom stereocenters. The predicted molar refractivity (Wildman–Crippen MR) is 222 cm³/mol. The molecule has 1 spiro atoms. The number of nitrogens with zero attached hydrogens (tertiary/aromatic N) is 2. The van der Waals surface area contributed by atoms with E-state index in [1.54, 1.807) is 5.57 Å². The van der Waals surface area contributed by atoms with E-state index < -0.39 is 0 Å². The van der Waals surface area contributed by atoms with Crippen molar-refractivity contribution in [1.29, 1.82) is 0 Å². The molecule has 2 fully saturated rings. The van der Waals surface area contributed by atoms with Crippen LogP contribution in [0.25, 0.3) is 20.2 Å². The third-order valence-electron chi connectivity index (χ3n) is 13.8. The van der Waals surface area contributed by atoms with Gasteiger partial charge in [-0.2, -0.15) is 0 Å². The van der Waals surface area contributed by atoms with E-state index in [1.165, 1.54) is 80.2 Å². The summed E-state index contributed by atoms with van der Waals surface area (Å²) in [5.74, 6) is 2.12. The molecule has 53 heavy (non-hydrogen) atoms. The van der Waals surface area contributed by atoms with Gasteiger partial charge in [0.25, 0.3) is 0 Å². The molecular formula is C49H41N3S. The van der Waals surface area contributed by atoms with Gasteiger partial charge in [0.05, 0.1) is 11.8 Å². The molecule has 7 aliphatic rings. The van der Waals surface area contributed by atoms with E-state index in [1.807, 2.05) is 11.3 Å². The Labute approximate surface area is 315 Å². The second-order valence-electron chi connectivity index (χ2n) is 16.1. The summed E-state index contributed by atoms with van der Waals surface area (Å²) in [4.78, 5) is 8.19. The van der Waals surface area contributed by atoms with Gasteiger partial charge in [-0.1, -0.05) is 146 Å². The molecule has 1 aromatic heterocycles. The Hall–Kier alpha value is -5.19. The number of allylic oxidation sites excluding steroid dienone is 10. The number of rotatable bonds is 3. The molecule has 0 bridgehead atoms. The van der Waals surface area contributed by atoms with Crippen LogP contribution in [0.1, 0.15) is 54.7 Å². The van der Waals surface area contributed by atoms with Gasteiger partial charge in [0, 0.05) is 54.5 Å². The van der Waals surface area contributed by atoms with Crippen molar-refractivity contribution in [3.63, 3.8) is 0 Å². The Kier molecular flexibility index (Phi) is 6.52. The van der Waals surface area contributed by atoms with Crippen molar-refractivity contribution < 1.29 is 0 Å². The number of hydrogen-bond donors (Lipinski definition) is 1. The Morgan fingerprint density at radius 2 is 1.53 bits per heavy atom. The van der Waals surface area contributed by atoms with Crippen molar-refractivity contribution in [3.8, 4) is 0 Å². The summed E-state index contributed by atoms with van der Waals surface area (Å²) in [6.45, 7) is 0. The lowest BCUT2D eigenvalue weighted by atomic mass is 9.67. The molecule has 2 aliphatic heterocycles. The maximum Gasteiger partial charge on any atom is 0.197 e. The molecule has 4 heteroatoms. The number of thiophene rings is 1. The summed E-state index contributed by atoms with van der Waals surface area (Å²) in [5, 5.41) is 6.51. The van der Waals surface area contributed by atoms with Gasteiger partial charge in [-0.3, -0.25) is 0 Å². The fourth-order valence-electron chi connectivity index (χ4n) is 11.5. The van der Waals surface area contributed by atoms with E-state index in [-0.39, 0.29) is 18.2 Å². The highest BCUT2D eigenvalue weighted by atomic mass is 32.1. The number of para-hydroxylation sites is 2. The number of nitrogens with one attached hydrogen (secondary N) is 1. The van der Waals surface area contributed by atoms with Crippen molar-refractivity contribution in [3.05, 3.63) is 179 Å². The van der Waals surface area contributed by atoms with Crippen LogP contribution in [-0.2, 0) is 0 Å². The average Bonchev–Trinajstić information content (AvgIpc) is 4.00. The zero-order valence-electron chi connectivity index (χ0n) is 29.7. The minimum absolute atomic E-state index is 0.161. The summed E-state index contributed by atoms with van der Waals surface area (Å²) < 4.78 is 2.62. The van der Waals surface area contributed by atoms with E-state index in [2.05, 4.69) is 156 Å². The molecule has 12 rings (SSSR count). The molecule has 3 nitrogen and oxygen atoms in total. The van der Waals surface area contributed by atoms with Gasteiger partial charge in [-0.25, -0.2) is 4.99 Å². The van der Waals surface area contributed by atoms with Crippen molar-refractivity contribution >= 4 is 48.6 Å². The summed E-state index contributed by atoms with van der Waals surface area (Å²) in [5.41, 5.74) is 12.1. The average molecular weight is 704 g/mol. The van der Waals surface area contributed by atoms with E-state index in [0.717, 1.165) is 17.0 Å². The van der Waals surface area contributed by atoms with Crippen LogP contribution < -0.4 is 10.2 Å². The molecule has 0 radical (unpaired) electrons. The topological polar surface area (TPSA) is 27.6 Å². The molecule has 1 N–H and O–H groups in total. The normalized spacial score (nSPS) is 28.5. The quantitative estimate of drug-likeness (QED) is 0.203. The number of hydrogen-bond acceptors (Lipinski definition) is 4. The van der Waals surface area contributed by atoms with Gasteiger partial charge in [0.2, 0.25) is 0 Å². The van der Waals surface area contributed by atoms with Gasteiger partial charge in [0.15, 0.2) is 6.29 Å². The van der Waals surface area contributed by atoms with Gasteiger partial charge in [0.1, 0.15) is 0 Å². The molecule has 5 aliphatic carbocycles. The van der Waals surface area contributed by atoms with Crippen LogP contribution in [0.2, 0.25) is 0 Å². The monoisotopic (exact) mass is 703 g/mol. The lowest BCUT2D eigenvalue weighted by Crippen LogP contribution is -2.47. The molecule has 4 aromatic carbocycles. The van der Waals surface area contributed by atoms with Crippen molar-refractivity contribution in [2.45, 2.75) is 50.4 Å². The molecule has 5 aromatic rings. The predicted octanol–water partition coefficient (Wildman–Crippen LogP) is 11.9. The minimum Gasteiger partial charge on any atom is -0.346 e. The Morgan fingerprint density at radius 1 is 0.755 bits per heavy atom. The Morgan fingerprint density at radius 3 is 2.47 bits per heavy atom. The molecule has 2 saturated carbocycles. The Balaban J connectivity index is 0.934. The number of aliphatic imine (C=N–C) groups is 1. The summed E-state index contributed by atoms with van der Waals surface area (Å²) in [6.07, 6.45) is 28.9. The first-order chi connectivity index (χ1) is 26.2. The number of fused-ring (bicyclic) bond motifs is 12. The third-order valence-corrected chi connectivity index (χ3v) is 15.0. The summed E-state index contributed by atoms with van der Waals surface area (Å²) in [6, 6.07) is 33.4. The maximum absolute atomic E-state index is 5.65. The second-order valence-corrected chi connectivity index (χ2v) is 17.2. The summed E-state index contributed by atoms with van der Waals surface area (Å²) >= 11 is 1.88. The first-order valence-electron chi connectivity index (χ1n) is 19.6. The van der Waals surface area contributed by atoms with Crippen LogP contribution in [0.5, 0.6) is 0 Å². The van der Waals surface area contributed by atoms with Crippen LogP contribution in [0.4, 0.5) is 11.4 Å². The lowest BCUT2D eigenvalue weighted by Gasteiger charge is -2.38. The van der Waals surface area contributed by atoms with Crippen molar-refractivity contribution in [2.24, 2.45) is 28.2 Å². The SMILES string of the molecule is C1=CCC2C(=C1)C1C=C(C3=CC4c5ccccc5N(C5N=C(c6cccc7c6sc6ccccc67)c6ccccc6N5)C4C=C3)C=CC1C21CCCC1. The number of anilines is 2. The Bertz CT molecular complexity index is 2580. The smallest absolute Gasteiger partial charge is 0.197 e. The first kappa shape index (κ1) is 30.3. The van der Waals surface area contributed by atoms with E-state index in [0.29, 0.717) is 23.2 Å². The van der Waals surface area contributed by atoms with Crippen molar-refractivity contribution in [1.82, 2.24) is 0 Å². The molecule has 258 valence electrons. The zero-order chi connectivity index (χ0) is 34.7. The zero-order valence-corrected chi connectivity index (χ0v) is 30.5. The van der Waals surface area contributed by atoms with Gasteiger partial charge >= 0.3 is 0 Å². The fourth-order valence-corrected chi connectivity index (χ4v) is 12.8. The highest BCUT2D eigenvalue weighted by Crippen LogP contribution is 2.65. The molecule has 0 amide bonds. The van der Waals surface area contributed by atoms with Gasteiger partial charge in [-0.15, -0.1) is 11.3 Å². The van der Waals surface area contributed by atoms with Gasteiger partial charge in [-0.05, 0) is 71.4 Å². The number of benzene rings is 4. The third kappa shape index (κ3) is 4.30.